The van der Waals surface area contributed by atoms with E-state index < -0.39 is 6.04 Å². The van der Waals surface area contributed by atoms with Gasteiger partial charge in [0.25, 0.3) is 0 Å². The maximum absolute atomic E-state index is 11.8. The Balaban J connectivity index is 1.77. The third-order valence-corrected chi connectivity index (χ3v) is 4.70. The largest absolute Gasteiger partial charge is 0.489 e. The van der Waals surface area contributed by atoms with Crippen molar-refractivity contribution in [2.45, 2.75) is 38.8 Å². The first-order valence-corrected chi connectivity index (χ1v) is 9.44. The fraction of sp³-hybridized carbons (Fsp3) is 0.350. The first-order valence-electron chi connectivity index (χ1n) is 8.68. The highest BCUT2D eigenvalue weighted by Gasteiger charge is 2.11. The molecule has 140 valence electrons. The molecular weight excluding hydrogens is 371 g/mol. The van der Waals surface area contributed by atoms with Crippen molar-refractivity contribution in [3.8, 4) is 5.75 Å². The third kappa shape index (κ3) is 6.52. The minimum absolute atomic E-state index is 0.0894. The molecular formula is C20H24Cl2N2O2. The van der Waals surface area contributed by atoms with Crippen LogP contribution in [-0.2, 0) is 17.8 Å². The average Bonchev–Trinajstić information content (AvgIpc) is 2.64. The van der Waals surface area contributed by atoms with Gasteiger partial charge in [-0.3, -0.25) is 4.79 Å². The Hall–Kier alpha value is -1.75. The fourth-order valence-electron chi connectivity index (χ4n) is 2.45. The maximum atomic E-state index is 11.8. The van der Waals surface area contributed by atoms with Gasteiger partial charge in [-0.15, -0.1) is 0 Å². The summed E-state index contributed by atoms with van der Waals surface area (Å²) in [6, 6.07) is 12.8. The van der Waals surface area contributed by atoms with E-state index in [1.165, 1.54) is 0 Å². The van der Waals surface area contributed by atoms with Crippen molar-refractivity contribution in [2.24, 2.45) is 5.73 Å². The van der Waals surface area contributed by atoms with Crippen molar-refractivity contribution in [1.29, 1.82) is 0 Å². The quantitative estimate of drug-likeness (QED) is 0.663. The highest BCUT2D eigenvalue weighted by molar-refractivity contribution is 6.42. The summed E-state index contributed by atoms with van der Waals surface area (Å²) in [7, 11) is 0. The van der Waals surface area contributed by atoms with Gasteiger partial charge in [-0.1, -0.05) is 54.7 Å². The van der Waals surface area contributed by atoms with E-state index in [2.05, 4.69) is 5.32 Å². The Labute approximate surface area is 164 Å². The van der Waals surface area contributed by atoms with Crippen molar-refractivity contribution in [1.82, 2.24) is 5.32 Å². The molecule has 1 unspecified atom stereocenters. The Morgan fingerprint density at radius 3 is 2.46 bits per heavy atom. The Bertz CT molecular complexity index is 720. The zero-order valence-electron chi connectivity index (χ0n) is 14.8. The van der Waals surface area contributed by atoms with Crippen LogP contribution in [0.3, 0.4) is 0 Å². The number of nitrogens with one attached hydrogen (secondary N) is 1. The van der Waals surface area contributed by atoms with Crippen LogP contribution in [0.1, 0.15) is 30.9 Å². The van der Waals surface area contributed by atoms with Crippen LogP contribution in [0.5, 0.6) is 5.75 Å². The Morgan fingerprint density at radius 2 is 1.81 bits per heavy atom. The van der Waals surface area contributed by atoms with Crippen LogP contribution in [0.4, 0.5) is 0 Å². The molecule has 4 nitrogen and oxygen atoms in total. The number of ether oxygens (including phenoxy) is 1. The molecule has 1 amide bonds. The molecule has 2 rings (SSSR count). The van der Waals surface area contributed by atoms with Gasteiger partial charge >= 0.3 is 0 Å². The lowest BCUT2D eigenvalue weighted by Gasteiger charge is -2.11. The van der Waals surface area contributed by atoms with Gasteiger partial charge < -0.3 is 15.8 Å². The summed E-state index contributed by atoms with van der Waals surface area (Å²) in [5.41, 5.74) is 7.86. The predicted molar refractivity (Wildman–Crippen MR) is 107 cm³/mol. The number of rotatable bonds is 9. The van der Waals surface area contributed by atoms with Gasteiger partial charge in [-0.25, -0.2) is 0 Å². The molecule has 0 saturated heterocycles. The lowest BCUT2D eigenvalue weighted by atomic mass is 10.1. The molecule has 0 aliphatic carbocycles. The smallest absolute Gasteiger partial charge is 0.236 e. The Kier molecular flexibility index (Phi) is 8.23. The van der Waals surface area contributed by atoms with Crippen LogP contribution in [0.15, 0.2) is 42.5 Å². The summed E-state index contributed by atoms with van der Waals surface area (Å²) in [6.07, 6.45) is 2.35. The molecule has 6 heteroatoms. The summed E-state index contributed by atoms with van der Waals surface area (Å²) in [5, 5.41) is 3.92. The lowest BCUT2D eigenvalue weighted by molar-refractivity contribution is -0.122. The molecule has 0 fully saturated rings. The number of hydrogen-bond donors (Lipinski definition) is 2. The number of benzene rings is 2. The third-order valence-electron chi connectivity index (χ3n) is 3.96. The minimum atomic E-state index is -0.419. The van der Waals surface area contributed by atoms with E-state index in [0.29, 0.717) is 29.6 Å². The van der Waals surface area contributed by atoms with Gasteiger partial charge in [0.2, 0.25) is 5.91 Å². The van der Waals surface area contributed by atoms with E-state index in [1.807, 2.05) is 37.3 Å². The average molecular weight is 395 g/mol. The monoisotopic (exact) mass is 394 g/mol. The molecule has 26 heavy (non-hydrogen) atoms. The van der Waals surface area contributed by atoms with Gasteiger partial charge in [-0.05, 0) is 48.2 Å². The number of nitrogens with two attached hydrogens (primary N) is 1. The van der Waals surface area contributed by atoms with E-state index in [9.17, 15) is 4.79 Å². The van der Waals surface area contributed by atoms with E-state index in [0.717, 1.165) is 29.7 Å². The van der Waals surface area contributed by atoms with Gasteiger partial charge in [0, 0.05) is 6.54 Å². The minimum Gasteiger partial charge on any atom is -0.489 e. The van der Waals surface area contributed by atoms with Crippen LogP contribution in [0, 0.1) is 0 Å². The molecule has 2 aromatic carbocycles. The van der Waals surface area contributed by atoms with Crippen LogP contribution < -0.4 is 15.8 Å². The van der Waals surface area contributed by atoms with Crippen LogP contribution >= 0.6 is 23.2 Å². The Morgan fingerprint density at radius 1 is 1.12 bits per heavy atom. The van der Waals surface area contributed by atoms with Gasteiger partial charge in [-0.2, -0.15) is 0 Å². The highest BCUT2D eigenvalue weighted by Crippen LogP contribution is 2.23. The molecule has 0 saturated carbocycles. The van der Waals surface area contributed by atoms with Crippen molar-refractivity contribution in [3.63, 3.8) is 0 Å². The SMILES string of the molecule is CCCC(N)C(=O)NCCc1ccc(OCc2ccc(Cl)c(Cl)c2)cc1. The first kappa shape index (κ1) is 20.6. The van der Waals surface area contributed by atoms with Crippen molar-refractivity contribution in [3.05, 3.63) is 63.6 Å². The summed E-state index contributed by atoms with van der Waals surface area (Å²) in [4.78, 5) is 11.8. The van der Waals surface area contributed by atoms with Crippen molar-refractivity contribution in [2.75, 3.05) is 6.54 Å². The molecule has 0 spiro atoms. The fourth-order valence-corrected chi connectivity index (χ4v) is 2.77. The molecule has 0 aliphatic heterocycles. The second-order valence-corrected chi connectivity index (χ2v) is 6.93. The molecule has 0 aliphatic rings. The first-order chi connectivity index (χ1) is 12.5. The zero-order valence-corrected chi connectivity index (χ0v) is 16.3. The van der Waals surface area contributed by atoms with E-state index in [-0.39, 0.29) is 5.91 Å². The summed E-state index contributed by atoms with van der Waals surface area (Å²) in [5.74, 6) is 0.683. The van der Waals surface area contributed by atoms with Crippen LogP contribution in [0.25, 0.3) is 0 Å². The standard InChI is InChI=1S/C20H24Cl2N2O2/c1-2-3-19(23)20(25)24-11-10-14-4-7-16(8-5-14)26-13-15-6-9-17(21)18(22)12-15/h4-9,12,19H,2-3,10-11,13,23H2,1H3,(H,24,25). The molecule has 0 aromatic heterocycles. The second kappa shape index (κ2) is 10.4. The van der Waals surface area contributed by atoms with Crippen LogP contribution in [-0.4, -0.2) is 18.5 Å². The summed E-state index contributed by atoms with van der Waals surface area (Å²) >= 11 is 11.9. The molecule has 1 atom stereocenters. The number of amides is 1. The lowest BCUT2D eigenvalue weighted by Crippen LogP contribution is -2.41. The van der Waals surface area contributed by atoms with Gasteiger partial charge in [0.15, 0.2) is 0 Å². The topological polar surface area (TPSA) is 64.4 Å². The summed E-state index contributed by atoms with van der Waals surface area (Å²) < 4.78 is 5.75. The predicted octanol–water partition coefficient (Wildman–Crippen LogP) is 4.36. The molecule has 0 radical (unpaired) electrons. The van der Waals surface area contributed by atoms with Crippen molar-refractivity contribution < 1.29 is 9.53 Å². The molecule has 0 bridgehead atoms. The number of carbonyl (C=O) groups is 1. The maximum Gasteiger partial charge on any atom is 0.236 e. The summed E-state index contributed by atoms with van der Waals surface area (Å²) in [6.45, 7) is 3.00. The van der Waals surface area contributed by atoms with Crippen LogP contribution in [0.2, 0.25) is 10.0 Å². The van der Waals surface area contributed by atoms with Gasteiger partial charge in [0.1, 0.15) is 12.4 Å². The number of carbonyl (C=O) groups excluding carboxylic acids is 1. The molecule has 0 heterocycles. The molecule has 2 aromatic rings. The number of hydrogen-bond acceptors (Lipinski definition) is 3. The normalized spacial score (nSPS) is 11.8. The van der Waals surface area contributed by atoms with Crippen molar-refractivity contribution >= 4 is 29.1 Å². The second-order valence-electron chi connectivity index (χ2n) is 6.12. The van der Waals surface area contributed by atoms with E-state index in [1.54, 1.807) is 12.1 Å². The number of halogens is 2. The van der Waals surface area contributed by atoms with E-state index in [4.69, 9.17) is 33.7 Å². The van der Waals surface area contributed by atoms with E-state index >= 15 is 0 Å². The zero-order chi connectivity index (χ0) is 18.9. The van der Waals surface area contributed by atoms with Gasteiger partial charge in [0.05, 0.1) is 16.1 Å². The highest BCUT2D eigenvalue weighted by atomic mass is 35.5. The molecule has 3 N–H and O–H groups in total.